The van der Waals surface area contributed by atoms with Crippen molar-refractivity contribution in [3.05, 3.63) is 15.9 Å². The van der Waals surface area contributed by atoms with Gasteiger partial charge in [0.15, 0.2) is 0 Å². The molecule has 1 N–H and O–H groups in total. The van der Waals surface area contributed by atoms with Crippen LogP contribution in [0.3, 0.4) is 0 Å². The highest BCUT2D eigenvalue weighted by Gasteiger charge is 2.34. The second-order valence-corrected chi connectivity index (χ2v) is 6.77. The van der Waals surface area contributed by atoms with Gasteiger partial charge >= 0.3 is 0 Å². The van der Waals surface area contributed by atoms with Gasteiger partial charge in [-0.2, -0.15) is 5.10 Å². The maximum atomic E-state index is 4.54. The van der Waals surface area contributed by atoms with Gasteiger partial charge in [-0.3, -0.25) is 4.68 Å². The third-order valence-corrected chi connectivity index (χ3v) is 5.26. The van der Waals surface area contributed by atoms with E-state index in [2.05, 4.69) is 58.7 Å². The number of nitrogens with one attached hydrogen (secondary N) is 1. The molecule has 0 radical (unpaired) electrons. The Balaban J connectivity index is 2.06. The van der Waals surface area contributed by atoms with Gasteiger partial charge in [0.05, 0.1) is 15.9 Å². The Labute approximate surface area is 118 Å². The van der Waals surface area contributed by atoms with Crippen LogP contribution in [0.5, 0.6) is 0 Å². The van der Waals surface area contributed by atoms with Gasteiger partial charge < -0.3 is 5.32 Å². The zero-order valence-electron chi connectivity index (χ0n) is 11.9. The summed E-state index contributed by atoms with van der Waals surface area (Å²) in [6.07, 6.45) is 3.97. The zero-order chi connectivity index (χ0) is 13.3. The topological polar surface area (TPSA) is 29.9 Å². The molecule has 4 heteroatoms. The summed E-state index contributed by atoms with van der Waals surface area (Å²) < 4.78 is 3.25. The van der Waals surface area contributed by atoms with Crippen LogP contribution in [-0.2, 0) is 13.1 Å². The molecule has 0 aliphatic heterocycles. The van der Waals surface area contributed by atoms with Crippen LogP contribution in [0, 0.1) is 12.3 Å². The fourth-order valence-corrected chi connectivity index (χ4v) is 3.39. The van der Waals surface area contributed by atoms with Gasteiger partial charge in [-0.05, 0) is 48.0 Å². The van der Waals surface area contributed by atoms with E-state index >= 15 is 0 Å². The summed E-state index contributed by atoms with van der Waals surface area (Å²) in [5.74, 6) is 0. The number of halogens is 1. The van der Waals surface area contributed by atoms with Crippen LogP contribution in [-0.4, -0.2) is 15.8 Å². The van der Waals surface area contributed by atoms with E-state index in [0.29, 0.717) is 11.5 Å². The molecule has 1 aliphatic rings. The van der Waals surface area contributed by atoms with E-state index in [9.17, 15) is 0 Å². The number of hydrogen-bond donors (Lipinski definition) is 1. The van der Waals surface area contributed by atoms with Crippen LogP contribution in [0.15, 0.2) is 4.47 Å². The SMILES string of the molecule is CCn1nc(C)c(Br)c1CNC1CCCC1(C)C. The van der Waals surface area contributed by atoms with E-state index in [4.69, 9.17) is 0 Å². The Bertz CT molecular complexity index is 423. The van der Waals surface area contributed by atoms with Gasteiger partial charge in [-0.15, -0.1) is 0 Å². The van der Waals surface area contributed by atoms with Gasteiger partial charge in [0.1, 0.15) is 0 Å². The van der Waals surface area contributed by atoms with Crippen LogP contribution < -0.4 is 5.32 Å². The van der Waals surface area contributed by atoms with Crippen molar-refractivity contribution in [2.45, 2.75) is 66.1 Å². The summed E-state index contributed by atoms with van der Waals surface area (Å²) >= 11 is 3.66. The summed E-state index contributed by atoms with van der Waals surface area (Å²) in [7, 11) is 0. The minimum absolute atomic E-state index is 0.429. The monoisotopic (exact) mass is 313 g/mol. The molecular formula is C14H24BrN3. The maximum Gasteiger partial charge on any atom is 0.0739 e. The molecule has 18 heavy (non-hydrogen) atoms. The van der Waals surface area contributed by atoms with E-state index in [1.54, 1.807) is 0 Å². The lowest BCUT2D eigenvalue weighted by Crippen LogP contribution is -2.37. The largest absolute Gasteiger partial charge is 0.308 e. The van der Waals surface area contributed by atoms with Crippen molar-refractivity contribution in [3.63, 3.8) is 0 Å². The predicted molar refractivity (Wildman–Crippen MR) is 78.6 cm³/mol. The van der Waals surface area contributed by atoms with Crippen LogP contribution >= 0.6 is 15.9 Å². The van der Waals surface area contributed by atoms with Gasteiger partial charge in [0, 0.05) is 19.1 Å². The fraction of sp³-hybridized carbons (Fsp3) is 0.786. The highest BCUT2D eigenvalue weighted by Crippen LogP contribution is 2.37. The van der Waals surface area contributed by atoms with E-state index < -0.39 is 0 Å². The van der Waals surface area contributed by atoms with Crippen molar-refractivity contribution in [1.29, 1.82) is 0 Å². The highest BCUT2D eigenvalue weighted by molar-refractivity contribution is 9.10. The summed E-state index contributed by atoms with van der Waals surface area (Å²) in [5.41, 5.74) is 2.79. The molecule has 1 heterocycles. The average molecular weight is 314 g/mol. The summed E-state index contributed by atoms with van der Waals surface area (Å²) in [6.45, 7) is 10.8. The number of rotatable bonds is 4. The summed E-state index contributed by atoms with van der Waals surface area (Å²) in [4.78, 5) is 0. The van der Waals surface area contributed by atoms with Crippen LogP contribution in [0.1, 0.15) is 51.4 Å². The average Bonchev–Trinajstić information content (AvgIpc) is 2.78. The van der Waals surface area contributed by atoms with Crippen molar-refractivity contribution < 1.29 is 0 Å². The van der Waals surface area contributed by atoms with Crippen molar-refractivity contribution >= 4 is 15.9 Å². The van der Waals surface area contributed by atoms with Crippen LogP contribution in [0.4, 0.5) is 0 Å². The lowest BCUT2D eigenvalue weighted by Gasteiger charge is -2.28. The molecule has 1 atom stereocenters. The van der Waals surface area contributed by atoms with Crippen molar-refractivity contribution in [2.24, 2.45) is 5.41 Å². The number of nitrogens with zero attached hydrogens (tertiary/aromatic N) is 2. The molecule has 2 rings (SSSR count). The number of aromatic nitrogens is 2. The number of hydrogen-bond acceptors (Lipinski definition) is 2. The molecule has 1 unspecified atom stereocenters. The first-order valence-corrected chi connectivity index (χ1v) is 7.70. The molecular weight excluding hydrogens is 290 g/mol. The number of aryl methyl sites for hydroxylation is 2. The molecule has 1 aromatic heterocycles. The minimum Gasteiger partial charge on any atom is -0.308 e. The summed E-state index contributed by atoms with van der Waals surface area (Å²) in [6, 6.07) is 0.630. The second kappa shape index (κ2) is 5.33. The Morgan fingerprint density at radius 1 is 1.50 bits per heavy atom. The minimum atomic E-state index is 0.429. The first kappa shape index (κ1) is 14.1. The lowest BCUT2D eigenvalue weighted by molar-refractivity contribution is 0.280. The molecule has 0 aromatic carbocycles. The van der Waals surface area contributed by atoms with Crippen LogP contribution in [0.2, 0.25) is 0 Å². The fourth-order valence-electron chi connectivity index (χ4n) is 2.96. The van der Waals surface area contributed by atoms with Crippen molar-refractivity contribution in [2.75, 3.05) is 0 Å². The predicted octanol–water partition coefficient (Wildman–Crippen LogP) is 3.64. The normalized spacial score (nSPS) is 22.6. The molecule has 102 valence electrons. The molecule has 0 amide bonds. The molecule has 0 bridgehead atoms. The van der Waals surface area contributed by atoms with Gasteiger partial charge in [0.2, 0.25) is 0 Å². The molecule has 1 aliphatic carbocycles. The third-order valence-electron chi connectivity index (χ3n) is 4.23. The molecule has 1 aromatic rings. The van der Waals surface area contributed by atoms with Gasteiger partial charge in [-0.25, -0.2) is 0 Å². The van der Waals surface area contributed by atoms with E-state index in [-0.39, 0.29) is 0 Å². The Kier molecular flexibility index (Phi) is 4.17. The Morgan fingerprint density at radius 3 is 2.78 bits per heavy atom. The van der Waals surface area contributed by atoms with Crippen molar-refractivity contribution in [1.82, 2.24) is 15.1 Å². The Morgan fingerprint density at radius 2 is 2.22 bits per heavy atom. The first-order chi connectivity index (χ1) is 8.45. The second-order valence-electron chi connectivity index (χ2n) is 5.98. The maximum absolute atomic E-state index is 4.54. The zero-order valence-corrected chi connectivity index (χ0v) is 13.5. The first-order valence-electron chi connectivity index (χ1n) is 6.91. The highest BCUT2D eigenvalue weighted by atomic mass is 79.9. The Hall–Kier alpha value is -0.350. The van der Waals surface area contributed by atoms with E-state index in [0.717, 1.165) is 23.3 Å². The van der Waals surface area contributed by atoms with Gasteiger partial charge in [-0.1, -0.05) is 20.3 Å². The molecule has 0 spiro atoms. The molecule has 0 saturated heterocycles. The molecule has 1 fully saturated rings. The quantitative estimate of drug-likeness (QED) is 0.919. The molecule has 3 nitrogen and oxygen atoms in total. The lowest BCUT2D eigenvalue weighted by atomic mass is 9.87. The third kappa shape index (κ3) is 2.64. The summed E-state index contributed by atoms with van der Waals surface area (Å²) in [5, 5.41) is 8.27. The van der Waals surface area contributed by atoms with E-state index in [1.165, 1.54) is 25.0 Å². The standard InChI is InChI=1S/C14H24BrN3/c1-5-18-11(13(15)10(2)17-18)9-16-12-7-6-8-14(12,3)4/h12,16H,5-9H2,1-4H3. The smallest absolute Gasteiger partial charge is 0.0739 e. The van der Waals surface area contributed by atoms with E-state index in [1.807, 2.05) is 0 Å². The van der Waals surface area contributed by atoms with Crippen LogP contribution in [0.25, 0.3) is 0 Å². The van der Waals surface area contributed by atoms with Crippen molar-refractivity contribution in [3.8, 4) is 0 Å². The molecule has 1 saturated carbocycles. The van der Waals surface area contributed by atoms with Gasteiger partial charge in [0.25, 0.3) is 0 Å².